The average molecular weight is 454 g/mol. The number of Topliss-reactive ketones (excluding diaryl/α,β-unsaturated/α-hetero) is 1. The fourth-order valence-corrected chi connectivity index (χ4v) is 4.83. The molecule has 0 radical (unpaired) electrons. The molecule has 3 rings (SSSR count). The maximum atomic E-state index is 12.9. The number of benzene rings is 1. The molecule has 0 bridgehead atoms. The maximum Gasteiger partial charge on any atom is 0.261 e. The van der Waals surface area contributed by atoms with Crippen molar-refractivity contribution in [1.82, 2.24) is 14.9 Å². The van der Waals surface area contributed by atoms with Gasteiger partial charge in [-0.3, -0.25) is 14.2 Å². The maximum absolute atomic E-state index is 12.9. The average Bonchev–Trinajstić information content (AvgIpc) is 2.66. The number of ketones is 1. The highest BCUT2D eigenvalue weighted by Crippen LogP contribution is 2.30. The van der Waals surface area contributed by atoms with Crippen molar-refractivity contribution in [3.63, 3.8) is 0 Å². The molecule has 1 fully saturated rings. The van der Waals surface area contributed by atoms with Crippen molar-refractivity contribution in [2.45, 2.75) is 49.8 Å². The topological polar surface area (TPSA) is 73.2 Å². The standard InChI is InChI=1S/C19H24BrN3O3S/c1-3-27-18-8-13-15(9-14(18)20)22-11-23(19(13)25)10-12(24)7-16-17(26-2)5-4-6-21-16/h8-9,11,16-17,21H,3-7,10H2,1-2H3/t16-,17+/m0/s1. The molecule has 0 aliphatic carbocycles. The van der Waals surface area contributed by atoms with E-state index in [2.05, 4.69) is 33.2 Å². The molecule has 27 heavy (non-hydrogen) atoms. The van der Waals surface area contributed by atoms with Gasteiger partial charge >= 0.3 is 0 Å². The van der Waals surface area contributed by atoms with Gasteiger partial charge < -0.3 is 10.1 Å². The number of piperidine rings is 1. The third-order valence-electron chi connectivity index (χ3n) is 4.80. The van der Waals surface area contributed by atoms with Crippen molar-refractivity contribution >= 4 is 44.4 Å². The molecule has 2 aromatic rings. The number of rotatable bonds is 7. The molecule has 2 heterocycles. The molecule has 1 aliphatic rings. The number of nitrogens with zero attached hydrogens (tertiary/aromatic N) is 2. The first-order valence-electron chi connectivity index (χ1n) is 9.12. The highest BCUT2D eigenvalue weighted by atomic mass is 79.9. The number of hydrogen-bond acceptors (Lipinski definition) is 6. The summed E-state index contributed by atoms with van der Waals surface area (Å²) in [6.07, 6.45) is 3.85. The van der Waals surface area contributed by atoms with Gasteiger partial charge in [0.1, 0.15) is 0 Å². The fourth-order valence-electron chi connectivity index (χ4n) is 3.45. The lowest BCUT2D eigenvalue weighted by Crippen LogP contribution is -2.47. The van der Waals surface area contributed by atoms with Crippen LogP contribution >= 0.6 is 27.7 Å². The number of carbonyl (C=O) groups excluding carboxylic acids is 1. The Labute approximate surface area is 171 Å². The number of fused-ring (bicyclic) bond motifs is 1. The monoisotopic (exact) mass is 453 g/mol. The van der Waals surface area contributed by atoms with Gasteiger partial charge in [-0.05, 0) is 53.2 Å². The lowest BCUT2D eigenvalue weighted by molar-refractivity contribution is -0.121. The zero-order chi connectivity index (χ0) is 19.4. The molecule has 0 saturated carbocycles. The van der Waals surface area contributed by atoms with Crippen LogP contribution in [0.1, 0.15) is 26.2 Å². The number of nitrogens with one attached hydrogen (secondary N) is 1. The van der Waals surface area contributed by atoms with E-state index in [1.165, 1.54) is 10.9 Å². The number of thioether (sulfide) groups is 1. The summed E-state index contributed by atoms with van der Waals surface area (Å²) in [7, 11) is 1.68. The number of aromatic nitrogens is 2. The third-order valence-corrected chi connectivity index (χ3v) is 6.65. The molecular formula is C19H24BrN3O3S. The van der Waals surface area contributed by atoms with Crippen molar-refractivity contribution in [3.8, 4) is 0 Å². The zero-order valence-corrected chi connectivity index (χ0v) is 17.9. The number of halogens is 1. The van der Waals surface area contributed by atoms with Gasteiger partial charge in [0, 0.05) is 28.9 Å². The smallest absolute Gasteiger partial charge is 0.261 e. The summed E-state index contributed by atoms with van der Waals surface area (Å²) in [5.74, 6) is 0.909. The van der Waals surface area contributed by atoms with Gasteiger partial charge in [-0.1, -0.05) is 6.92 Å². The first-order valence-corrected chi connectivity index (χ1v) is 10.9. The van der Waals surface area contributed by atoms with Crippen LogP contribution in [0.15, 0.2) is 32.6 Å². The lowest BCUT2D eigenvalue weighted by Gasteiger charge is -2.31. The van der Waals surface area contributed by atoms with Crippen LogP contribution in [0.5, 0.6) is 0 Å². The molecule has 146 valence electrons. The molecule has 0 amide bonds. The molecule has 1 N–H and O–H groups in total. The summed E-state index contributed by atoms with van der Waals surface area (Å²) < 4.78 is 7.81. The quantitative estimate of drug-likeness (QED) is 0.649. The zero-order valence-electron chi connectivity index (χ0n) is 15.5. The van der Waals surface area contributed by atoms with E-state index in [0.717, 1.165) is 34.5 Å². The van der Waals surface area contributed by atoms with Crippen LogP contribution in [0.3, 0.4) is 0 Å². The van der Waals surface area contributed by atoms with Gasteiger partial charge in [0.05, 0.1) is 29.9 Å². The fraction of sp³-hybridized carbons (Fsp3) is 0.526. The predicted octanol–water partition coefficient (Wildman–Crippen LogP) is 3.00. The van der Waals surface area contributed by atoms with Crippen molar-refractivity contribution in [3.05, 3.63) is 33.3 Å². The normalized spacial score (nSPS) is 20.1. The molecule has 0 unspecified atom stereocenters. The molecule has 8 heteroatoms. The SMILES string of the molecule is CCSc1cc2c(=O)n(CC(=O)C[C@@H]3NCCC[C@H]3OC)cnc2cc1Br. The summed E-state index contributed by atoms with van der Waals surface area (Å²) in [5.41, 5.74) is 0.447. The lowest BCUT2D eigenvalue weighted by atomic mass is 9.96. The van der Waals surface area contributed by atoms with E-state index < -0.39 is 0 Å². The van der Waals surface area contributed by atoms with Crippen LogP contribution in [0, 0.1) is 0 Å². The number of methoxy groups -OCH3 is 1. The minimum absolute atomic E-state index is 0.0000293. The second-order valence-corrected chi connectivity index (χ2v) is 8.79. The van der Waals surface area contributed by atoms with Gasteiger partial charge in [-0.15, -0.1) is 11.8 Å². The van der Waals surface area contributed by atoms with E-state index >= 15 is 0 Å². The van der Waals surface area contributed by atoms with Crippen molar-refractivity contribution in [2.75, 3.05) is 19.4 Å². The Kier molecular flexibility index (Phi) is 7.08. The minimum atomic E-state index is -0.182. The molecule has 1 aliphatic heterocycles. The van der Waals surface area contributed by atoms with Gasteiger partial charge in [-0.25, -0.2) is 4.98 Å². The summed E-state index contributed by atoms with van der Waals surface area (Å²) in [6.45, 7) is 2.98. The molecule has 1 aromatic heterocycles. The van der Waals surface area contributed by atoms with Crippen LogP contribution in [-0.2, 0) is 16.1 Å². The Hall–Kier alpha value is -1.22. The van der Waals surface area contributed by atoms with Gasteiger partial charge in [0.25, 0.3) is 5.56 Å². The first-order chi connectivity index (χ1) is 13.0. The Morgan fingerprint density at radius 3 is 3.04 bits per heavy atom. The van der Waals surface area contributed by atoms with Gasteiger partial charge in [0.15, 0.2) is 5.78 Å². The second-order valence-electron chi connectivity index (χ2n) is 6.63. The van der Waals surface area contributed by atoms with E-state index in [9.17, 15) is 9.59 Å². The van der Waals surface area contributed by atoms with Crippen molar-refractivity contribution < 1.29 is 9.53 Å². The Balaban J connectivity index is 1.80. The number of carbonyl (C=O) groups is 1. The third kappa shape index (κ3) is 4.80. The Morgan fingerprint density at radius 1 is 1.48 bits per heavy atom. The van der Waals surface area contributed by atoms with Crippen LogP contribution in [0.2, 0.25) is 0 Å². The van der Waals surface area contributed by atoms with Crippen LogP contribution in [0.25, 0.3) is 10.9 Å². The van der Waals surface area contributed by atoms with E-state index in [0.29, 0.717) is 17.3 Å². The van der Waals surface area contributed by atoms with E-state index in [1.54, 1.807) is 18.9 Å². The summed E-state index contributed by atoms with van der Waals surface area (Å²) >= 11 is 5.19. The van der Waals surface area contributed by atoms with Crippen LogP contribution in [0.4, 0.5) is 0 Å². The largest absolute Gasteiger partial charge is 0.380 e. The predicted molar refractivity (Wildman–Crippen MR) is 112 cm³/mol. The molecule has 1 saturated heterocycles. The van der Waals surface area contributed by atoms with Gasteiger partial charge in [-0.2, -0.15) is 0 Å². The second kappa shape index (κ2) is 9.32. The summed E-state index contributed by atoms with van der Waals surface area (Å²) in [6, 6.07) is 3.72. The molecule has 0 spiro atoms. The summed E-state index contributed by atoms with van der Waals surface area (Å²) in [5, 5.41) is 3.89. The number of ether oxygens (including phenoxy) is 1. The van der Waals surface area contributed by atoms with Crippen molar-refractivity contribution in [1.29, 1.82) is 0 Å². The van der Waals surface area contributed by atoms with Crippen LogP contribution < -0.4 is 10.9 Å². The van der Waals surface area contributed by atoms with E-state index in [-0.39, 0.29) is 30.0 Å². The Bertz CT molecular complexity index is 886. The first kappa shape index (κ1) is 20.5. The van der Waals surface area contributed by atoms with E-state index in [1.807, 2.05) is 12.1 Å². The molecular weight excluding hydrogens is 430 g/mol. The highest BCUT2D eigenvalue weighted by Gasteiger charge is 2.26. The van der Waals surface area contributed by atoms with Crippen molar-refractivity contribution in [2.24, 2.45) is 0 Å². The van der Waals surface area contributed by atoms with Crippen LogP contribution in [-0.4, -0.2) is 46.9 Å². The minimum Gasteiger partial charge on any atom is -0.380 e. The molecule has 6 nitrogen and oxygen atoms in total. The Morgan fingerprint density at radius 2 is 2.30 bits per heavy atom. The van der Waals surface area contributed by atoms with E-state index in [4.69, 9.17) is 4.74 Å². The molecule has 1 aromatic carbocycles. The molecule has 2 atom stereocenters. The summed E-state index contributed by atoms with van der Waals surface area (Å²) in [4.78, 5) is 30.8. The van der Waals surface area contributed by atoms with Gasteiger partial charge in [0.2, 0.25) is 0 Å². The number of hydrogen-bond donors (Lipinski definition) is 1. The highest BCUT2D eigenvalue weighted by molar-refractivity contribution is 9.10.